The monoisotopic (exact) mass is 404 g/mol. The summed E-state index contributed by atoms with van der Waals surface area (Å²) in [6.07, 6.45) is 8.72. The average molecular weight is 404 g/mol. The van der Waals surface area contributed by atoms with E-state index in [-0.39, 0.29) is 12.5 Å². The van der Waals surface area contributed by atoms with E-state index in [0.29, 0.717) is 12.2 Å². The predicted octanol–water partition coefficient (Wildman–Crippen LogP) is 0.612. The van der Waals surface area contributed by atoms with Crippen LogP contribution in [-0.4, -0.2) is 52.2 Å². The molecular weight excluding hydrogens is 378 g/mol. The third kappa shape index (κ3) is 7.03. The summed E-state index contributed by atoms with van der Waals surface area (Å²) in [6, 6.07) is -1.70. The topological polar surface area (TPSA) is 124 Å². The molecule has 1 aromatic heterocycles. The number of carbonyl (C=O) groups is 3. The summed E-state index contributed by atoms with van der Waals surface area (Å²) in [5.41, 5.74) is 0.481. The first-order valence-electron chi connectivity index (χ1n) is 9.21. The molecule has 10 nitrogen and oxygen atoms in total. The largest absolute Gasteiger partial charge is 0.467 e. The Morgan fingerprint density at radius 1 is 1.14 bits per heavy atom. The van der Waals surface area contributed by atoms with Crippen molar-refractivity contribution < 1.29 is 23.9 Å². The van der Waals surface area contributed by atoms with Crippen molar-refractivity contribution >= 4 is 18.0 Å². The van der Waals surface area contributed by atoms with Crippen molar-refractivity contribution in [3.05, 3.63) is 43.5 Å². The number of rotatable bonds is 9. The lowest BCUT2D eigenvalue weighted by Crippen LogP contribution is -2.52. The number of amides is 2. The number of hydrogen-bond acceptors (Lipinski definition) is 7. The van der Waals surface area contributed by atoms with Crippen LogP contribution in [0.5, 0.6) is 0 Å². The van der Waals surface area contributed by atoms with Crippen LogP contribution in [0.1, 0.15) is 26.5 Å². The number of ether oxygens (including phenoxy) is 2. The molecule has 0 aromatic carbocycles. The van der Waals surface area contributed by atoms with E-state index in [1.165, 1.54) is 14.0 Å². The molecule has 2 rings (SSSR count). The fourth-order valence-electron chi connectivity index (χ4n) is 2.51. The molecule has 157 valence electrons. The van der Waals surface area contributed by atoms with Crippen molar-refractivity contribution in [3.63, 3.8) is 0 Å². The van der Waals surface area contributed by atoms with Gasteiger partial charge in [0.1, 0.15) is 24.4 Å². The summed E-state index contributed by atoms with van der Waals surface area (Å²) in [4.78, 5) is 35.9. The minimum absolute atomic E-state index is 0.0854. The standard InChI is InChI=1S/C19H26N5O5/c1-12(2)16(18(26)28-4)21-17(25)13(3)20-19(27)29-11-15-10-24(23-22-15)9-14-7-5-6-8-14/h5-8,10,12-13,16H,9,11H2,1-4H3,(H,20,27)(H,21,25)/t13-,16-/m0/s1. The molecule has 1 aromatic rings. The molecule has 2 amide bonds. The summed E-state index contributed by atoms with van der Waals surface area (Å²) < 4.78 is 11.4. The van der Waals surface area contributed by atoms with Gasteiger partial charge in [0.25, 0.3) is 0 Å². The van der Waals surface area contributed by atoms with E-state index in [1.807, 2.05) is 25.7 Å². The maximum Gasteiger partial charge on any atom is 0.408 e. The van der Waals surface area contributed by atoms with E-state index in [0.717, 1.165) is 5.92 Å². The lowest BCUT2D eigenvalue weighted by atomic mass is 10.0. The molecule has 0 saturated heterocycles. The Morgan fingerprint density at radius 2 is 1.83 bits per heavy atom. The summed E-state index contributed by atoms with van der Waals surface area (Å²) in [5, 5.41) is 12.9. The highest BCUT2D eigenvalue weighted by Gasteiger charge is 2.27. The Labute approximate surface area is 170 Å². The van der Waals surface area contributed by atoms with Crippen LogP contribution in [0, 0.1) is 37.5 Å². The van der Waals surface area contributed by atoms with Gasteiger partial charge in [-0.3, -0.25) is 9.48 Å². The second-order valence-electron chi connectivity index (χ2n) is 6.90. The highest BCUT2D eigenvalue weighted by molar-refractivity contribution is 5.89. The highest BCUT2D eigenvalue weighted by Crippen LogP contribution is 2.24. The zero-order chi connectivity index (χ0) is 21.4. The van der Waals surface area contributed by atoms with Crippen LogP contribution in [0.3, 0.4) is 0 Å². The maximum absolute atomic E-state index is 12.2. The smallest absolute Gasteiger partial charge is 0.408 e. The number of alkyl carbamates (subject to hydrolysis) is 1. The quantitative estimate of drug-likeness (QED) is 0.578. The fourth-order valence-corrected chi connectivity index (χ4v) is 2.51. The number of hydrogen-bond donors (Lipinski definition) is 2. The van der Waals surface area contributed by atoms with E-state index in [2.05, 4.69) is 25.7 Å². The molecule has 1 heterocycles. The van der Waals surface area contributed by atoms with Gasteiger partial charge in [-0.1, -0.05) is 19.1 Å². The summed E-state index contributed by atoms with van der Waals surface area (Å²) >= 11 is 0. The van der Waals surface area contributed by atoms with Gasteiger partial charge in [-0.25, -0.2) is 9.59 Å². The zero-order valence-corrected chi connectivity index (χ0v) is 16.9. The van der Waals surface area contributed by atoms with Crippen molar-refractivity contribution in [1.29, 1.82) is 0 Å². The van der Waals surface area contributed by atoms with Crippen molar-refractivity contribution in [2.24, 2.45) is 5.92 Å². The molecule has 0 spiro atoms. The number of carbonyl (C=O) groups excluding carboxylic acids is 3. The highest BCUT2D eigenvalue weighted by atomic mass is 16.5. The van der Waals surface area contributed by atoms with Crippen LogP contribution in [0.4, 0.5) is 4.79 Å². The van der Waals surface area contributed by atoms with Crippen LogP contribution in [0.2, 0.25) is 0 Å². The van der Waals surface area contributed by atoms with Gasteiger partial charge in [0.05, 0.1) is 13.3 Å². The first-order valence-corrected chi connectivity index (χ1v) is 9.21. The molecular formula is C19H26N5O5. The van der Waals surface area contributed by atoms with Gasteiger partial charge in [0.2, 0.25) is 5.91 Å². The number of aromatic nitrogens is 3. The Hall–Kier alpha value is -2.65. The van der Waals surface area contributed by atoms with Crippen molar-refractivity contribution in [3.8, 4) is 0 Å². The van der Waals surface area contributed by atoms with Crippen LogP contribution in [0.25, 0.3) is 0 Å². The van der Waals surface area contributed by atoms with Gasteiger partial charge >= 0.3 is 12.1 Å². The molecule has 0 unspecified atom stereocenters. The van der Waals surface area contributed by atoms with Crippen molar-refractivity contribution in [2.45, 2.75) is 46.0 Å². The molecule has 1 aliphatic rings. The first-order chi connectivity index (χ1) is 13.8. The molecule has 2 N–H and O–H groups in total. The third-order valence-corrected chi connectivity index (χ3v) is 4.16. The Bertz CT molecular complexity index is 699. The second kappa shape index (κ2) is 10.8. The Balaban J connectivity index is 1.75. The molecule has 2 atom stereocenters. The molecule has 29 heavy (non-hydrogen) atoms. The maximum atomic E-state index is 12.2. The lowest BCUT2D eigenvalue weighted by Gasteiger charge is -2.22. The van der Waals surface area contributed by atoms with Gasteiger partial charge < -0.3 is 20.1 Å². The van der Waals surface area contributed by atoms with Gasteiger partial charge in [-0.05, 0) is 38.5 Å². The van der Waals surface area contributed by atoms with Crippen LogP contribution in [-0.2, 0) is 32.2 Å². The number of methoxy groups -OCH3 is 1. The zero-order valence-electron chi connectivity index (χ0n) is 16.9. The van der Waals surface area contributed by atoms with Crippen molar-refractivity contribution in [2.75, 3.05) is 7.11 Å². The van der Waals surface area contributed by atoms with Crippen LogP contribution in [0.15, 0.2) is 6.20 Å². The molecule has 1 aliphatic carbocycles. The summed E-state index contributed by atoms with van der Waals surface area (Å²) in [5.74, 6) is -0.146. The molecule has 0 bridgehead atoms. The lowest BCUT2D eigenvalue weighted by molar-refractivity contribution is -0.146. The normalized spacial score (nSPS) is 16.3. The van der Waals surface area contributed by atoms with E-state index >= 15 is 0 Å². The minimum atomic E-state index is -0.901. The van der Waals surface area contributed by atoms with E-state index in [9.17, 15) is 14.4 Å². The van der Waals surface area contributed by atoms with Gasteiger partial charge in [-0.15, -0.1) is 5.10 Å². The molecule has 10 heteroatoms. The Kier molecular flexibility index (Phi) is 8.41. The van der Waals surface area contributed by atoms with Gasteiger partial charge in [0.15, 0.2) is 0 Å². The second-order valence-corrected chi connectivity index (χ2v) is 6.90. The van der Waals surface area contributed by atoms with E-state index in [1.54, 1.807) is 24.7 Å². The van der Waals surface area contributed by atoms with Gasteiger partial charge in [-0.2, -0.15) is 0 Å². The molecule has 1 fully saturated rings. The predicted molar refractivity (Wildman–Crippen MR) is 102 cm³/mol. The summed E-state index contributed by atoms with van der Waals surface area (Å²) in [6.45, 7) is 5.53. The van der Waals surface area contributed by atoms with E-state index in [4.69, 9.17) is 4.74 Å². The molecule has 5 radical (unpaired) electrons. The average Bonchev–Trinajstić information content (AvgIpc) is 3.35. The first kappa shape index (κ1) is 22.6. The SMILES string of the molecule is COC(=O)[C@@H](NC(=O)[C@H](C)NC(=O)OCc1cn(C[C]2[CH][CH][CH][CH]2)nn1)C(C)C. The molecule has 0 aliphatic heterocycles. The van der Waals surface area contributed by atoms with Crippen molar-refractivity contribution in [1.82, 2.24) is 25.6 Å². The number of esters is 1. The van der Waals surface area contributed by atoms with Crippen LogP contribution < -0.4 is 10.6 Å². The van der Waals surface area contributed by atoms with E-state index < -0.39 is 30.1 Å². The van der Waals surface area contributed by atoms with Crippen LogP contribution >= 0.6 is 0 Å². The third-order valence-electron chi connectivity index (χ3n) is 4.16. The fraction of sp³-hybridized carbons (Fsp3) is 0.474. The number of nitrogens with one attached hydrogen (secondary N) is 2. The number of nitrogens with zero attached hydrogens (tertiary/aromatic N) is 3. The van der Waals surface area contributed by atoms with Gasteiger partial charge in [0, 0.05) is 12.5 Å². The minimum Gasteiger partial charge on any atom is -0.467 e. The summed E-state index contributed by atoms with van der Waals surface area (Å²) in [7, 11) is 1.25. The molecule has 1 saturated carbocycles. The Morgan fingerprint density at radius 3 is 2.45 bits per heavy atom.